The minimum Gasteiger partial charge on any atom is -0.481 e. The number of nitrogens with zero attached hydrogens (tertiary/aromatic N) is 1. The molecule has 1 saturated heterocycles. The van der Waals surface area contributed by atoms with E-state index in [1.54, 1.807) is 4.90 Å². The first-order valence-electron chi connectivity index (χ1n) is 5.33. The fourth-order valence-corrected chi connectivity index (χ4v) is 1.88. The van der Waals surface area contributed by atoms with Crippen LogP contribution in [0.1, 0.15) is 19.8 Å². The summed E-state index contributed by atoms with van der Waals surface area (Å²) in [5.74, 6) is -1.13. The number of hydrogen-bond donors (Lipinski definition) is 1. The Labute approximate surface area is 94.7 Å². The average molecular weight is 227 g/mol. The fraction of sp³-hybridized carbons (Fsp3) is 0.636. The van der Waals surface area contributed by atoms with Crippen LogP contribution in [0.3, 0.4) is 0 Å². The van der Waals surface area contributed by atoms with Gasteiger partial charge in [0, 0.05) is 12.6 Å². The lowest BCUT2D eigenvalue weighted by Crippen LogP contribution is -2.46. The highest BCUT2D eigenvalue weighted by Crippen LogP contribution is 2.23. The molecule has 2 atom stereocenters. The first kappa shape index (κ1) is 12.5. The fourth-order valence-electron chi connectivity index (χ4n) is 1.88. The van der Waals surface area contributed by atoms with Crippen LogP contribution < -0.4 is 0 Å². The average Bonchev–Trinajstić information content (AvgIpc) is 2.25. The van der Waals surface area contributed by atoms with Crippen molar-refractivity contribution in [2.75, 3.05) is 13.2 Å². The standard InChI is InChI=1S/C11H17NO4/c1-3-6-16-11(15)12-5-4-9(10(13)14)7-8(12)2/h3,8-9H,1,4-7H2,2H3,(H,13,14)/t8-,9-/m1/s1. The van der Waals surface area contributed by atoms with Crippen molar-refractivity contribution in [3.63, 3.8) is 0 Å². The Hall–Kier alpha value is -1.52. The summed E-state index contributed by atoms with van der Waals surface area (Å²) in [7, 11) is 0. The molecule has 0 aliphatic carbocycles. The van der Waals surface area contributed by atoms with Crippen molar-refractivity contribution in [3.8, 4) is 0 Å². The summed E-state index contributed by atoms with van der Waals surface area (Å²) < 4.78 is 4.92. The molecule has 1 aliphatic rings. The van der Waals surface area contributed by atoms with Crippen LogP contribution in [0.2, 0.25) is 0 Å². The third kappa shape index (κ3) is 2.98. The lowest BCUT2D eigenvalue weighted by molar-refractivity contribution is -0.143. The van der Waals surface area contributed by atoms with Crippen LogP contribution >= 0.6 is 0 Å². The van der Waals surface area contributed by atoms with E-state index < -0.39 is 12.1 Å². The van der Waals surface area contributed by atoms with Gasteiger partial charge in [0.05, 0.1) is 5.92 Å². The van der Waals surface area contributed by atoms with Crippen molar-refractivity contribution in [1.82, 2.24) is 4.90 Å². The molecular formula is C11H17NO4. The van der Waals surface area contributed by atoms with Crippen molar-refractivity contribution >= 4 is 12.1 Å². The van der Waals surface area contributed by atoms with Gasteiger partial charge in [0.1, 0.15) is 6.61 Å². The molecule has 0 spiro atoms. The molecule has 1 N–H and O–H groups in total. The number of carboxylic acids is 1. The second-order valence-corrected chi connectivity index (χ2v) is 3.97. The number of carboxylic acid groups (broad SMARTS) is 1. The summed E-state index contributed by atoms with van der Waals surface area (Å²) in [6.07, 6.45) is 2.09. The monoisotopic (exact) mass is 227 g/mol. The molecule has 0 unspecified atom stereocenters. The predicted octanol–water partition coefficient (Wildman–Crippen LogP) is 1.49. The molecule has 5 heteroatoms. The Morgan fingerprint density at radius 3 is 2.81 bits per heavy atom. The smallest absolute Gasteiger partial charge is 0.410 e. The zero-order valence-electron chi connectivity index (χ0n) is 9.39. The van der Waals surface area contributed by atoms with Crippen LogP contribution in [0.15, 0.2) is 12.7 Å². The molecule has 0 aromatic rings. The van der Waals surface area contributed by atoms with Crippen molar-refractivity contribution in [2.45, 2.75) is 25.8 Å². The van der Waals surface area contributed by atoms with Crippen molar-refractivity contribution in [1.29, 1.82) is 0 Å². The molecular weight excluding hydrogens is 210 g/mol. The van der Waals surface area contributed by atoms with E-state index in [0.29, 0.717) is 19.4 Å². The molecule has 5 nitrogen and oxygen atoms in total. The van der Waals surface area contributed by atoms with Crippen LogP contribution in [0.25, 0.3) is 0 Å². The van der Waals surface area contributed by atoms with E-state index in [1.807, 2.05) is 6.92 Å². The summed E-state index contributed by atoms with van der Waals surface area (Å²) in [5.41, 5.74) is 0. The predicted molar refractivity (Wildman–Crippen MR) is 58.1 cm³/mol. The van der Waals surface area contributed by atoms with Gasteiger partial charge in [-0.15, -0.1) is 0 Å². The van der Waals surface area contributed by atoms with Crippen LogP contribution in [-0.4, -0.2) is 41.3 Å². The molecule has 1 fully saturated rings. The Morgan fingerprint density at radius 1 is 1.62 bits per heavy atom. The lowest BCUT2D eigenvalue weighted by atomic mass is 9.92. The van der Waals surface area contributed by atoms with Crippen LogP contribution in [0, 0.1) is 5.92 Å². The maximum Gasteiger partial charge on any atom is 0.410 e. The molecule has 16 heavy (non-hydrogen) atoms. The Kier molecular flexibility index (Phi) is 4.34. The van der Waals surface area contributed by atoms with Gasteiger partial charge in [-0.3, -0.25) is 4.79 Å². The zero-order valence-corrected chi connectivity index (χ0v) is 9.39. The van der Waals surface area contributed by atoms with Crippen LogP contribution in [-0.2, 0) is 9.53 Å². The van der Waals surface area contributed by atoms with Crippen LogP contribution in [0.4, 0.5) is 4.79 Å². The van der Waals surface area contributed by atoms with Gasteiger partial charge in [0.25, 0.3) is 0 Å². The van der Waals surface area contributed by atoms with E-state index in [1.165, 1.54) is 6.08 Å². The van der Waals surface area contributed by atoms with Gasteiger partial charge in [-0.05, 0) is 19.8 Å². The molecule has 1 aliphatic heterocycles. The molecule has 1 amide bonds. The maximum absolute atomic E-state index is 11.6. The topological polar surface area (TPSA) is 66.8 Å². The summed E-state index contributed by atoms with van der Waals surface area (Å²) in [4.78, 5) is 23.9. The van der Waals surface area contributed by atoms with E-state index in [2.05, 4.69) is 6.58 Å². The summed E-state index contributed by atoms with van der Waals surface area (Å²) in [6, 6.07) is -0.0906. The minimum absolute atomic E-state index is 0.0906. The number of carbonyl (C=O) groups is 2. The molecule has 90 valence electrons. The number of hydrogen-bond acceptors (Lipinski definition) is 3. The van der Waals surface area contributed by atoms with Crippen molar-refractivity contribution < 1.29 is 19.4 Å². The van der Waals surface area contributed by atoms with Gasteiger partial charge in [0.15, 0.2) is 0 Å². The molecule has 0 aromatic heterocycles. The maximum atomic E-state index is 11.6. The Morgan fingerprint density at radius 2 is 2.31 bits per heavy atom. The zero-order chi connectivity index (χ0) is 12.1. The third-order valence-electron chi connectivity index (χ3n) is 2.78. The van der Waals surface area contributed by atoms with Gasteiger partial charge in [0.2, 0.25) is 0 Å². The van der Waals surface area contributed by atoms with Gasteiger partial charge in [-0.25, -0.2) is 4.79 Å². The Bertz CT molecular complexity index is 290. The van der Waals surface area contributed by atoms with Crippen molar-refractivity contribution in [3.05, 3.63) is 12.7 Å². The number of rotatable bonds is 3. The van der Waals surface area contributed by atoms with E-state index in [-0.39, 0.29) is 18.6 Å². The van der Waals surface area contributed by atoms with E-state index >= 15 is 0 Å². The highest BCUT2D eigenvalue weighted by atomic mass is 16.6. The number of ether oxygens (including phenoxy) is 1. The van der Waals surface area contributed by atoms with Gasteiger partial charge in [-0.2, -0.15) is 0 Å². The number of likely N-dealkylation sites (tertiary alicyclic amines) is 1. The lowest BCUT2D eigenvalue weighted by Gasteiger charge is -2.35. The first-order chi connectivity index (χ1) is 7.56. The van der Waals surface area contributed by atoms with Crippen molar-refractivity contribution in [2.24, 2.45) is 5.92 Å². The second-order valence-electron chi connectivity index (χ2n) is 3.97. The second kappa shape index (κ2) is 5.53. The highest BCUT2D eigenvalue weighted by Gasteiger charge is 2.32. The summed E-state index contributed by atoms with van der Waals surface area (Å²) >= 11 is 0. The molecule has 0 bridgehead atoms. The number of piperidine rings is 1. The van der Waals surface area contributed by atoms with Gasteiger partial charge in [-0.1, -0.05) is 12.7 Å². The summed E-state index contributed by atoms with van der Waals surface area (Å²) in [6.45, 7) is 5.92. The Balaban J connectivity index is 2.49. The van der Waals surface area contributed by atoms with E-state index in [4.69, 9.17) is 9.84 Å². The molecule has 0 aromatic carbocycles. The largest absolute Gasteiger partial charge is 0.481 e. The minimum atomic E-state index is -0.786. The molecule has 0 saturated carbocycles. The number of amides is 1. The van der Waals surface area contributed by atoms with E-state index in [0.717, 1.165) is 0 Å². The van der Waals surface area contributed by atoms with E-state index in [9.17, 15) is 9.59 Å². The number of carbonyl (C=O) groups excluding carboxylic acids is 1. The molecule has 1 rings (SSSR count). The molecule has 0 radical (unpaired) electrons. The first-order valence-corrected chi connectivity index (χ1v) is 5.33. The SMILES string of the molecule is C=CCOC(=O)N1CC[C@@H](C(=O)O)C[C@H]1C. The molecule has 1 heterocycles. The van der Waals surface area contributed by atoms with Gasteiger partial charge >= 0.3 is 12.1 Å². The highest BCUT2D eigenvalue weighted by molar-refractivity contribution is 5.72. The third-order valence-corrected chi connectivity index (χ3v) is 2.78. The van der Waals surface area contributed by atoms with Crippen LogP contribution in [0.5, 0.6) is 0 Å². The number of aliphatic carboxylic acids is 1. The van der Waals surface area contributed by atoms with Gasteiger partial charge < -0.3 is 14.7 Å². The normalized spacial score (nSPS) is 24.9. The quantitative estimate of drug-likeness (QED) is 0.742. The summed E-state index contributed by atoms with van der Waals surface area (Å²) in [5, 5.41) is 8.87.